The summed E-state index contributed by atoms with van der Waals surface area (Å²) in [5, 5.41) is 0. The lowest BCUT2D eigenvalue weighted by molar-refractivity contribution is 0.304. The first-order valence-electron chi connectivity index (χ1n) is 8.01. The van der Waals surface area contributed by atoms with E-state index >= 15 is 0 Å². The second-order valence-corrected chi connectivity index (χ2v) is 6.04. The van der Waals surface area contributed by atoms with E-state index in [1.807, 2.05) is 18.2 Å². The zero-order valence-corrected chi connectivity index (χ0v) is 14.2. The molecule has 0 spiro atoms. The predicted octanol–water partition coefficient (Wildman–Crippen LogP) is 3.47. The number of nitrogens with two attached hydrogens (primary N) is 1. The minimum Gasteiger partial charge on any atom is -0.489 e. The van der Waals surface area contributed by atoms with Crippen LogP contribution in [0.3, 0.4) is 0 Å². The fourth-order valence-electron chi connectivity index (χ4n) is 2.94. The molecule has 1 atom stereocenters. The van der Waals surface area contributed by atoms with E-state index in [4.69, 9.17) is 10.5 Å². The van der Waals surface area contributed by atoms with Crippen LogP contribution in [0, 0.1) is 5.92 Å². The molecule has 23 heavy (non-hydrogen) atoms. The van der Waals surface area contributed by atoms with Gasteiger partial charge in [-0.15, -0.1) is 12.4 Å². The summed E-state index contributed by atoms with van der Waals surface area (Å²) in [6.07, 6.45) is 1.23. The maximum absolute atomic E-state index is 5.82. The van der Waals surface area contributed by atoms with Crippen LogP contribution in [-0.4, -0.2) is 24.5 Å². The Bertz CT molecular complexity index is 574. The largest absolute Gasteiger partial charge is 0.489 e. The lowest BCUT2D eigenvalue weighted by Crippen LogP contribution is -2.22. The summed E-state index contributed by atoms with van der Waals surface area (Å²) in [6.45, 7) is 4.72. The second-order valence-electron chi connectivity index (χ2n) is 6.04. The van der Waals surface area contributed by atoms with E-state index in [0.717, 1.165) is 31.9 Å². The molecule has 0 aliphatic carbocycles. The molecule has 2 aromatic rings. The van der Waals surface area contributed by atoms with Gasteiger partial charge in [0.25, 0.3) is 0 Å². The summed E-state index contributed by atoms with van der Waals surface area (Å²) in [6, 6.07) is 18.7. The van der Waals surface area contributed by atoms with Gasteiger partial charge in [0.05, 0.1) is 0 Å². The molecule has 2 aromatic carbocycles. The lowest BCUT2D eigenvalue weighted by Gasteiger charge is -2.16. The third-order valence-corrected chi connectivity index (χ3v) is 4.28. The van der Waals surface area contributed by atoms with Crippen LogP contribution in [0.2, 0.25) is 0 Å². The Balaban J connectivity index is 0.00000192. The minimum atomic E-state index is 0. The highest BCUT2D eigenvalue weighted by atomic mass is 35.5. The van der Waals surface area contributed by atoms with Crippen molar-refractivity contribution < 1.29 is 4.74 Å². The smallest absolute Gasteiger partial charge is 0.119 e. The summed E-state index contributed by atoms with van der Waals surface area (Å²) >= 11 is 0. The Kier molecular flexibility index (Phi) is 6.90. The highest BCUT2D eigenvalue weighted by Gasteiger charge is 2.20. The van der Waals surface area contributed by atoms with E-state index in [1.165, 1.54) is 17.5 Å². The molecule has 2 N–H and O–H groups in total. The SMILES string of the molecule is Cl.NCC1CCN(Cc2ccc(OCc3ccccc3)cc2)C1. The normalized spacial score (nSPS) is 17.7. The molecule has 0 saturated carbocycles. The fourth-order valence-corrected chi connectivity index (χ4v) is 2.94. The van der Waals surface area contributed by atoms with Crippen molar-refractivity contribution in [3.05, 3.63) is 65.7 Å². The lowest BCUT2D eigenvalue weighted by atomic mass is 10.1. The molecule has 1 saturated heterocycles. The van der Waals surface area contributed by atoms with Crippen molar-refractivity contribution in [2.24, 2.45) is 11.7 Å². The number of likely N-dealkylation sites (tertiary alicyclic amines) is 1. The van der Waals surface area contributed by atoms with Crippen LogP contribution >= 0.6 is 12.4 Å². The third-order valence-electron chi connectivity index (χ3n) is 4.28. The van der Waals surface area contributed by atoms with Crippen molar-refractivity contribution in [2.45, 2.75) is 19.6 Å². The number of hydrogen-bond acceptors (Lipinski definition) is 3. The van der Waals surface area contributed by atoms with E-state index < -0.39 is 0 Å². The summed E-state index contributed by atoms with van der Waals surface area (Å²) < 4.78 is 5.82. The first kappa shape index (κ1) is 17.8. The quantitative estimate of drug-likeness (QED) is 0.880. The van der Waals surface area contributed by atoms with Gasteiger partial charge in [0.1, 0.15) is 12.4 Å². The Morgan fingerprint density at radius 3 is 2.39 bits per heavy atom. The average molecular weight is 333 g/mol. The van der Waals surface area contributed by atoms with Crippen molar-refractivity contribution >= 4 is 12.4 Å². The molecule has 1 aliphatic rings. The van der Waals surface area contributed by atoms with Crippen LogP contribution in [0.5, 0.6) is 5.75 Å². The molecule has 1 heterocycles. The van der Waals surface area contributed by atoms with Gasteiger partial charge < -0.3 is 10.5 Å². The van der Waals surface area contributed by atoms with Crippen molar-refractivity contribution in [3.8, 4) is 5.75 Å². The van der Waals surface area contributed by atoms with E-state index in [0.29, 0.717) is 12.5 Å². The first-order chi connectivity index (χ1) is 10.8. The molecule has 0 bridgehead atoms. The Hall–Kier alpha value is -1.55. The van der Waals surface area contributed by atoms with E-state index in [-0.39, 0.29) is 12.4 Å². The summed E-state index contributed by atoms with van der Waals surface area (Å²) in [5.74, 6) is 1.60. The molecule has 3 rings (SSSR count). The highest BCUT2D eigenvalue weighted by Crippen LogP contribution is 2.19. The Labute approximate surface area is 144 Å². The van der Waals surface area contributed by atoms with Crippen LogP contribution in [0.1, 0.15) is 17.5 Å². The molecule has 0 amide bonds. The van der Waals surface area contributed by atoms with Gasteiger partial charge in [-0.2, -0.15) is 0 Å². The maximum Gasteiger partial charge on any atom is 0.119 e. The molecule has 1 aliphatic heterocycles. The number of nitrogens with zero attached hydrogens (tertiary/aromatic N) is 1. The molecular weight excluding hydrogens is 308 g/mol. The third kappa shape index (κ3) is 5.24. The molecule has 124 valence electrons. The van der Waals surface area contributed by atoms with Crippen molar-refractivity contribution in [1.82, 2.24) is 4.90 Å². The maximum atomic E-state index is 5.82. The second kappa shape index (κ2) is 8.92. The number of benzene rings is 2. The van der Waals surface area contributed by atoms with Gasteiger partial charge in [-0.25, -0.2) is 0 Å². The van der Waals surface area contributed by atoms with E-state index in [2.05, 4.69) is 41.3 Å². The number of rotatable bonds is 6. The van der Waals surface area contributed by atoms with Crippen molar-refractivity contribution in [3.63, 3.8) is 0 Å². The molecule has 0 radical (unpaired) electrons. The molecule has 3 nitrogen and oxygen atoms in total. The predicted molar refractivity (Wildman–Crippen MR) is 96.9 cm³/mol. The van der Waals surface area contributed by atoms with Crippen molar-refractivity contribution in [2.75, 3.05) is 19.6 Å². The van der Waals surface area contributed by atoms with Crippen LogP contribution in [0.15, 0.2) is 54.6 Å². The van der Waals surface area contributed by atoms with Crippen LogP contribution < -0.4 is 10.5 Å². The fraction of sp³-hybridized carbons (Fsp3) is 0.368. The summed E-state index contributed by atoms with van der Waals surface area (Å²) in [7, 11) is 0. The zero-order valence-electron chi connectivity index (χ0n) is 13.4. The number of ether oxygens (including phenoxy) is 1. The monoisotopic (exact) mass is 332 g/mol. The van der Waals surface area contributed by atoms with E-state index in [9.17, 15) is 0 Å². The van der Waals surface area contributed by atoms with Gasteiger partial charge in [-0.05, 0) is 48.7 Å². The molecule has 1 fully saturated rings. The number of hydrogen-bond donors (Lipinski definition) is 1. The summed E-state index contributed by atoms with van der Waals surface area (Å²) in [4.78, 5) is 2.48. The number of halogens is 1. The van der Waals surface area contributed by atoms with Gasteiger partial charge in [0.15, 0.2) is 0 Å². The summed E-state index contributed by atoms with van der Waals surface area (Å²) in [5.41, 5.74) is 8.28. The van der Waals surface area contributed by atoms with Gasteiger partial charge in [-0.1, -0.05) is 42.5 Å². The van der Waals surface area contributed by atoms with Crippen LogP contribution in [-0.2, 0) is 13.2 Å². The molecular formula is C19H25ClN2O. The van der Waals surface area contributed by atoms with E-state index in [1.54, 1.807) is 0 Å². The molecule has 4 heteroatoms. The topological polar surface area (TPSA) is 38.5 Å². The Morgan fingerprint density at radius 2 is 1.74 bits per heavy atom. The standard InChI is InChI=1S/C19H24N2O.ClH/c20-12-18-10-11-21(14-18)13-16-6-8-19(9-7-16)22-15-17-4-2-1-3-5-17;/h1-9,18H,10-15,20H2;1H. The highest BCUT2D eigenvalue weighted by molar-refractivity contribution is 5.85. The van der Waals surface area contributed by atoms with Crippen LogP contribution in [0.4, 0.5) is 0 Å². The van der Waals surface area contributed by atoms with Gasteiger partial charge in [0, 0.05) is 13.1 Å². The van der Waals surface area contributed by atoms with Gasteiger partial charge in [-0.3, -0.25) is 4.90 Å². The Morgan fingerprint density at radius 1 is 1.00 bits per heavy atom. The van der Waals surface area contributed by atoms with Gasteiger partial charge in [0.2, 0.25) is 0 Å². The minimum absolute atomic E-state index is 0. The van der Waals surface area contributed by atoms with Crippen molar-refractivity contribution in [1.29, 1.82) is 0 Å². The first-order valence-corrected chi connectivity index (χ1v) is 8.01. The molecule has 1 unspecified atom stereocenters. The average Bonchev–Trinajstić information content (AvgIpc) is 3.03. The molecule has 0 aromatic heterocycles. The zero-order chi connectivity index (χ0) is 15.2. The van der Waals surface area contributed by atoms with Crippen LogP contribution in [0.25, 0.3) is 0 Å². The van der Waals surface area contributed by atoms with Gasteiger partial charge >= 0.3 is 0 Å².